The summed E-state index contributed by atoms with van der Waals surface area (Å²) in [5.74, 6) is -6.38. The molecular formula is C17H13F5N4O. The highest BCUT2D eigenvalue weighted by molar-refractivity contribution is 6.34. The molecule has 0 atom stereocenters. The van der Waals surface area contributed by atoms with E-state index in [1.165, 1.54) is 35.1 Å². The molecule has 142 valence electrons. The molecule has 0 unspecified atom stereocenters. The van der Waals surface area contributed by atoms with Crippen LogP contribution in [0.25, 0.3) is 6.08 Å². The van der Waals surface area contributed by atoms with Crippen LogP contribution in [0.3, 0.4) is 0 Å². The molecular weight excluding hydrogens is 371 g/mol. The van der Waals surface area contributed by atoms with Gasteiger partial charge in [0, 0.05) is 18.8 Å². The van der Waals surface area contributed by atoms with E-state index in [1.54, 1.807) is 20.0 Å². The van der Waals surface area contributed by atoms with Gasteiger partial charge in [-0.2, -0.15) is 37.2 Å². The number of alkyl halides is 5. The molecule has 0 aliphatic carbocycles. The van der Waals surface area contributed by atoms with Crippen LogP contribution in [0.4, 0.5) is 27.6 Å². The second kappa shape index (κ2) is 6.29. The van der Waals surface area contributed by atoms with Crippen molar-refractivity contribution in [1.29, 1.82) is 0 Å². The largest absolute Gasteiger partial charge is 0.459 e. The lowest BCUT2D eigenvalue weighted by Crippen LogP contribution is -2.44. The summed E-state index contributed by atoms with van der Waals surface area (Å²) in [6.45, 7) is 1.54. The van der Waals surface area contributed by atoms with Gasteiger partial charge in [0.2, 0.25) is 0 Å². The number of nitrogens with zero attached hydrogens (tertiary/aromatic N) is 4. The lowest BCUT2D eigenvalue weighted by molar-refractivity contribution is -0.248. The van der Waals surface area contributed by atoms with Crippen molar-refractivity contribution < 1.29 is 26.7 Å². The van der Waals surface area contributed by atoms with E-state index in [1.807, 2.05) is 0 Å². The van der Waals surface area contributed by atoms with Gasteiger partial charge < -0.3 is 0 Å². The Hall–Kier alpha value is -3.04. The van der Waals surface area contributed by atoms with Crippen LogP contribution in [-0.2, 0) is 11.8 Å². The summed E-state index contributed by atoms with van der Waals surface area (Å²) < 4.78 is 68.3. The maximum Gasteiger partial charge on any atom is 0.459 e. The van der Waals surface area contributed by atoms with Crippen molar-refractivity contribution in [2.24, 2.45) is 12.1 Å². The monoisotopic (exact) mass is 384 g/mol. The molecule has 0 radical (unpaired) electrons. The fourth-order valence-corrected chi connectivity index (χ4v) is 2.57. The van der Waals surface area contributed by atoms with E-state index in [4.69, 9.17) is 0 Å². The summed E-state index contributed by atoms with van der Waals surface area (Å²) >= 11 is 0. The van der Waals surface area contributed by atoms with Gasteiger partial charge in [-0.25, -0.2) is 0 Å². The van der Waals surface area contributed by atoms with E-state index in [9.17, 15) is 26.7 Å². The maximum absolute atomic E-state index is 14.1. The van der Waals surface area contributed by atoms with E-state index in [2.05, 4.69) is 10.2 Å². The normalized spacial score (nSPS) is 17.0. The highest BCUT2D eigenvalue weighted by atomic mass is 19.4. The third kappa shape index (κ3) is 3.22. The van der Waals surface area contributed by atoms with Crippen molar-refractivity contribution in [3.8, 4) is 0 Å². The van der Waals surface area contributed by atoms with Crippen LogP contribution < -0.4 is 5.01 Å². The van der Waals surface area contributed by atoms with Gasteiger partial charge in [0.25, 0.3) is 5.91 Å². The molecule has 27 heavy (non-hydrogen) atoms. The number of amides is 1. The number of hydrogen-bond donors (Lipinski definition) is 0. The van der Waals surface area contributed by atoms with Gasteiger partial charge in [0.15, 0.2) is 5.71 Å². The highest BCUT2D eigenvalue weighted by Gasteiger charge is 2.64. The van der Waals surface area contributed by atoms with Gasteiger partial charge in [-0.3, -0.25) is 9.48 Å². The molecule has 0 N–H and O–H groups in total. The lowest BCUT2D eigenvalue weighted by Gasteiger charge is -2.19. The molecule has 1 aromatic carbocycles. The molecule has 3 rings (SSSR count). The maximum atomic E-state index is 14.1. The average Bonchev–Trinajstić information content (AvgIpc) is 3.07. The summed E-state index contributed by atoms with van der Waals surface area (Å²) in [7, 11) is 1.56. The number of carbonyl (C=O) groups is 1. The zero-order valence-corrected chi connectivity index (χ0v) is 14.1. The minimum Gasteiger partial charge on any atom is -0.275 e. The first kappa shape index (κ1) is 18.7. The number of halogens is 5. The molecule has 0 saturated heterocycles. The molecule has 0 spiro atoms. The number of rotatable bonds is 3. The molecule has 0 fully saturated rings. The number of anilines is 1. The van der Waals surface area contributed by atoms with Crippen LogP contribution >= 0.6 is 0 Å². The zero-order chi connectivity index (χ0) is 20.0. The van der Waals surface area contributed by atoms with Crippen LogP contribution in [0.15, 0.2) is 47.2 Å². The highest BCUT2D eigenvalue weighted by Crippen LogP contribution is 2.41. The summed E-state index contributed by atoms with van der Waals surface area (Å²) in [4.78, 5) is 12.6. The van der Waals surface area contributed by atoms with Crippen LogP contribution in [0.5, 0.6) is 0 Å². The van der Waals surface area contributed by atoms with Crippen LogP contribution in [0.1, 0.15) is 11.3 Å². The van der Waals surface area contributed by atoms with Crippen LogP contribution in [-0.4, -0.2) is 33.5 Å². The topological polar surface area (TPSA) is 50.5 Å². The van der Waals surface area contributed by atoms with Crippen LogP contribution in [0.2, 0.25) is 0 Å². The lowest BCUT2D eigenvalue weighted by atomic mass is 10.0. The summed E-state index contributed by atoms with van der Waals surface area (Å²) in [5.41, 5.74) is -1.80. The molecule has 1 aliphatic rings. The molecule has 0 bridgehead atoms. The quantitative estimate of drug-likeness (QED) is 0.598. The van der Waals surface area contributed by atoms with E-state index >= 15 is 0 Å². The SMILES string of the molecule is Cc1nn(C)cc1C=C1C(=O)N(c2ccccc2)N=C1C(F)(F)C(F)(F)F. The fourth-order valence-electron chi connectivity index (χ4n) is 2.57. The summed E-state index contributed by atoms with van der Waals surface area (Å²) in [6, 6.07) is 7.38. The third-order valence-electron chi connectivity index (χ3n) is 3.88. The molecule has 2 aromatic rings. The number of hydrogen-bond acceptors (Lipinski definition) is 3. The number of para-hydroxylation sites is 1. The number of hydrazone groups is 1. The van der Waals surface area contributed by atoms with Gasteiger partial charge >= 0.3 is 12.1 Å². The Morgan fingerprint density at radius 2 is 1.70 bits per heavy atom. The second-order valence-corrected chi connectivity index (χ2v) is 5.87. The van der Waals surface area contributed by atoms with E-state index in [-0.39, 0.29) is 11.3 Å². The molecule has 10 heteroatoms. The average molecular weight is 384 g/mol. The first-order valence-electron chi connectivity index (χ1n) is 7.68. The van der Waals surface area contributed by atoms with Crippen LogP contribution in [0, 0.1) is 6.92 Å². The van der Waals surface area contributed by atoms with Crippen molar-refractivity contribution in [1.82, 2.24) is 9.78 Å². The standard InChI is InChI=1S/C17H13F5N4O/c1-10-11(9-25(2)23-10)8-13-14(16(18,19)17(20,21)22)24-26(15(13)27)12-6-4-3-5-7-12/h3-9H,1-2H3. The van der Waals surface area contributed by atoms with Gasteiger partial charge in [-0.15, -0.1) is 0 Å². The van der Waals surface area contributed by atoms with Gasteiger partial charge in [-0.1, -0.05) is 18.2 Å². The Balaban J connectivity index is 2.17. The number of aromatic nitrogens is 2. The number of benzene rings is 1. The minimum absolute atomic E-state index is 0.0734. The summed E-state index contributed by atoms with van der Waals surface area (Å²) in [6.07, 6.45) is -3.54. The first-order valence-corrected chi connectivity index (χ1v) is 7.68. The Labute approximate surface area is 150 Å². The number of aryl methyl sites for hydroxylation is 2. The smallest absolute Gasteiger partial charge is 0.275 e. The van der Waals surface area contributed by atoms with E-state index < -0.39 is 29.3 Å². The Morgan fingerprint density at radius 1 is 1.07 bits per heavy atom. The Morgan fingerprint density at radius 3 is 2.22 bits per heavy atom. The first-order chi connectivity index (χ1) is 12.5. The Kier molecular flexibility index (Phi) is 4.37. The van der Waals surface area contributed by atoms with Crippen molar-refractivity contribution in [2.45, 2.75) is 19.0 Å². The third-order valence-corrected chi connectivity index (χ3v) is 3.88. The minimum atomic E-state index is -5.90. The molecule has 1 aromatic heterocycles. The predicted molar refractivity (Wildman–Crippen MR) is 88.3 cm³/mol. The second-order valence-electron chi connectivity index (χ2n) is 5.87. The van der Waals surface area contributed by atoms with Crippen molar-refractivity contribution in [3.63, 3.8) is 0 Å². The molecule has 0 saturated carbocycles. The van der Waals surface area contributed by atoms with Gasteiger partial charge in [-0.05, 0) is 25.1 Å². The zero-order valence-electron chi connectivity index (χ0n) is 14.1. The molecule has 2 heterocycles. The van der Waals surface area contributed by atoms with Crippen molar-refractivity contribution >= 4 is 23.4 Å². The van der Waals surface area contributed by atoms with Crippen molar-refractivity contribution in [3.05, 3.63) is 53.4 Å². The Bertz CT molecular complexity index is 944. The predicted octanol–water partition coefficient (Wildman–Crippen LogP) is 3.71. The molecule has 5 nitrogen and oxygen atoms in total. The van der Waals surface area contributed by atoms with Crippen molar-refractivity contribution in [2.75, 3.05) is 5.01 Å². The summed E-state index contributed by atoms with van der Waals surface area (Å²) in [5, 5.41) is 7.85. The fraction of sp³-hybridized carbons (Fsp3) is 0.235. The molecule has 1 aliphatic heterocycles. The van der Waals surface area contributed by atoms with E-state index in [0.29, 0.717) is 10.7 Å². The number of carbonyl (C=O) groups excluding carboxylic acids is 1. The van der Waals surface area contributed by atoms with E-state index in [0.717, 1.165) is 6.08 Å². The van der Waals surface area contributed by atoms with Gasteiger partial charge in [0.05, 0.1) is 17.0 Å². The molecule has 1 amide bonds. The van der Waals surface area contributed by atoms with Gasteiger partial charge in [0.1, 0.15) is 0 Å².